The predicted molar refractivity (Wildman–Crippen MR) is 118 cm³/mol. The molecular formula is C22H30N4O2S. The number of nitrogens with one attached hydrogen (secondary N) is 1. The Morgan fingerprint density at radius 3 is 2.66 bits per heavy atom. The molecule has 7 heteroatoms. The van der Waals surface area contributed by atoms with E-state index < -0.39 is 0 Å². The number of hydrogen-bond donors (Lipinski definition) is 1. The molecule has 1 atom stereocenters. The van der Waals surface area contributed by atoms with Crippen LogP contribution in [0.3, 0.4) is 0 Å². The summed E-state index contributed by atoms with van der Waals surface area (Å²) in [7, 11) is 0. The minimum absolute atomic E-state index is 0.00843. The van der Waals surface area contributed by atoms with Gasteiger partial charge in [0.15, 0.2) is 5.16 Å². The topological polar surface area (TPSA) is 59.4 Å². The molecule has 0 saturated carbocycles. The number of anilines is 2. The van der Waals surface area contributed by atoms with Crippen LogP contribution in [0.2, 0.25) is 0 Å². The second kappa shape index (κ2) is 9.22. The third-order valence-corrected chi connectivity index (χ3v) is 6.76. The van der Waals surface area contributed by atoms with Gasteiger partial charge in [-0.1, -0.05) is 11.8 Å². The van der Waals surface area contributed by atoms with E-state index in [2.05, 4.69) is 38.8 Å². The second-order valence-corrected chi connectivity index (χ2v) is 8.83. The van der Waals surface area contributed by atoms with Gasteiger partial charge < -0.3 is 19.5 Å². The molecule has 0 bridgehead atoms. The maximum atomic E-state index is 12.5. The van der Waals surface area contributed by atoms with Crippen LogP contribution in [0.5, 0.6) is 0 Å². The molecule has 2 saturated heterocycles. The van der Waals surface area contributed by atoms with Crippen molar-refractivity contribution in [2.45, 2.75) is 57.3 Å². The Morgan fingerprint density at radius 2 is 1.97 bits per heavy atom. The molecule has 2 aliphatic rings. The van der Waals surface area contributed by atoms with Crippen LogP contribution < -0.4 is 10.2 Å². The van der Waals surface area contributed by atoms with Crippen molar-refractivity contribution >= 4 is 29.0 Å². The zero-order valence-electron chi connectivity index (χ0n) is 17.3. The van der Waals surface area contributed by atoms with Gasteiger partial charge in [0.25, 0.3) is 0 Å². The fraction of sp³-hybridized carbons (Fsp3) is 0.545. The largest absolute Gasteiger partial charge is 0.376 e. The molecule has 1 amide bonds. The van der Waals surface area contributed by atoms with Crippen molar-refractivity contribution in [3.8, 4) is 0 Å². The van der Waals surface area contributed by atoms with Crippen LogP contribution in [-0.4, -0.2) is 47.0 Å². The highest BCUT2D eigenvalue weighted by Gasteiger charge is 2.21. The molecule has 1 N–H and O–H groups in total. The number of amides is 1. The summed E-state index contributed by atoms with van der Waals surface area (Å²) in [5.41, 5.74) is 4.25. The van der Waals surface area contributed by atoms with Crippen molar-refractivity contribution in [2.75, 3.05) is 35.7 Å². The number of aryl methyl sites for hydroxylation is 1. The van der Waals surface area contributed by atoms with Crippen LogP contribution in [0.4, 0.5) is 11.4 Å². The normalized spacial score (nSPS) is 19.1. The molecule has 3 heterocycles. The minimum atomic E-state index is -0.00843. The molecular weight excluding hydrogens is 384 g/mol. The summed E-state index contributed by atoms with van der Waals surface area (Å²) in [4.78, 5) is 19.5. The third-order valence-electron chi connectivity index (χ3n) is 5.79. The fourth-order valence-electron chi connectivity index (χ4n) is 4.00. The molecule has 4 rings (SSSR count). The first-order valence-corrected chi connectivity index (χ1v) is 11.5. The van der Waals surface area contributed by atoms with Crippen molar-refractivity contribution < 1.29 is 9.53 Å². The fourth-order valence-corrected chi connectivity index (χ4v) is 4.90. The van der Waals surface area contributed by atoms with Crippen LogP contribution in [0.15, 0.2) is 29.4 Å². The summed E-state index contributed by atoms with van der Waals surface area (Å²) in [5, 5.41) is 3.90. The molecule has 0 radical (unpaired) electrons. The van der Waals surface area contributed by atoms with Gasteiger partial charge in [0.1, 0.15) is 0 Å². The number of nitrogens with zero attached hydrogens (tertiary/aromatic N) is 3. The second-order valence-electron chi connectivity index (χ2n) is 7.89. The Morgan fingerprint density at radius 1 is 1.21 bits per heavy atom. The van der Waals surface area contributed by atoms with Gasteiger partial charge >= 0.3 is 0 Å². The van der Waals surface area contributed by atoms with Gasteiger partial charge in [0.2, 0.25) is 5.91 Å². The van der Waals surface area contributed by atoms with Crippen molar-refractivity contribution in [1.29, 1.82) is 0 Å². The van der Waals surface area contributed by atoms with E-state index in [9.17, 15) is 4.79 Å². The molecule has 1 aromatic carbocycles. The highest BCUT2D eigenvalue weighted by molar-refractivity contribution is 7.99. The van der Waals surface area contributed by atoms with E-state index in [0.717, 1.165) is 61.3 Å². The lowest BCUT2D eigenvalue weighted by Gasteiger charge is -2.17. The molecule has 29 heavy (non-hydrogen) atoms. The van der Waals surface area contributed by atoms with E-state index in [1.807, 2.05) is 19.1 Å². The van der Waals surface area contributed by atoms with Crippen molar-refractivity contribution in [3.05, 3.63) is 35.7 Å². The lowest BCUT2D eigenvalue weighted by Crippen LogP contribution is -2.19. The van der Waals surface area contributed by atoms with E-state index in [1.165, 1.54) is 30.3 Å². The number of imidazole rings is 1. The van der Waals surface area contributed by atoms with Crippen LogP contribution in [0.1, 0.15) is 37.1 Å². The van der Waals surface area contributed by atoms with Gasteiger partial charge in [-0.05, 0) is 63.8 Å². The Kier molecular flexibility index (Phi) is 6.45. The van der Waals surface area contributed by atoms with Gasteiger partial charge in [0, 0.05) is 36.8 Å². The summed E-state index contributed by atoms with van der Waals surface area (Å²) < 4.78 is 7.99. The highest BCUT2D eigenvalue weighted by atomic mass is 32.2. The Bertz CT molecular complexity index is 837. The average molecular weight is 415 g/mol. The molecule has 156 valence electrons. The van der Waals surface area contributed by atoms with Crippen LogP contribution >= 0.6 is 11.8 Å². The standard InChI is InChI=1S/C22H30N4O2S/c1-16-17(2)26(14-20-6-5-13-28-20)22(23-16)29-15-21(27)24-18-7-9-19(10-8-18)25-11-3-4-12-25/h7-10,20H,3-6,11-15H2,1-2H3,(H,24,27)/t20-/m0/s1. The zero-order valence-corrected chi connectivity index (χ0v) is 18.1. The summed E-state index contributed by atoms with van der Waals surface area (Å²) in [6.45, 7) is 8.02. The molecule has 0 unspecified atom stereocenters. The van der Waals surface area contributed by atoms with Gasteiger partial charge in [-0.2, -0.15) is 0 Å². The first-order chi connectivity index (χ1) is 14.1. The van der Waals surface area contributed by atoms with Crippen molar-refractivity contribution in [2.24, 2.45) is 0 Å². The smallest absolute Gasteiger partial charge is 0.234 e. The molecule has 0 spiro atoms. The molecule has 6 nitrogen and oxygen atoms in total. The zero-order chi connectivity index (χ0) is 20.2. The molecule has 1 aromatic heterocycles. The number of carbonyl (C=O) groups excluding carboxylic acids is 1. The quantitative estimate of drug-likeness (QED) is 0.694. The molecule has 0 aliphatic carbocycles. The first-order valence-electron chi connectivity index (χ1n) is 10.5. The number of carbonyl (C=O) groups is 1. The first kappa shape index (κ1) is 20.3. The van der Waals surface area contributed by atoms with Gasteiger partial charge in [-0.15, -0.1) is 0 Å². The maximum Gasteiger partial charge on any atom is 0.234 e. The van der Waals surface area contributed by atoms with E-state index in [0.29, 0.717) is 5.75 Å². The van der Waals surface area contributed by atoms with Crippen LogP contribution in [0.25, 0.3) is 0 Å². The Balaban J connectivity index is 1.33. The lowest BCUT2D eigenvalue weighted by molar-refractivity contribution is -0.113. The summed E-state index contributed by atoms with van der Waals surface area (Å²) in [6.07, 6.45) is 4.99. The number of hydrogen-bond acceptors (Lipinski definition) is 5. The predicted octanol–water partition coefficient (Wildman–Crippen LogP) is 4.01. The Hall–Kier alpha value is -1.99. The number of thioether (sulfide) groups is 1. The third kappa shape index (κ3) is 4.95. The summed E-state index contributed by atoms with van der Waals surface area (Å²) in [6, 6.07) is 8.16. The highest BCUT2D eigenvalue weighted by Crippen LogP contribution is 2.25. The van der Waals surface area contributed by atoms with Gasteiger partial charge in [-0.25, -0.2) is 4.98 Å². The van der Waals surface area contributed by atoms with Crippen LogP contribution in [-0.2, 0) is 16.1 Å². The van der Waals surface area contributed by atoms with Crippen molar-refractivity contribution in [1.82, 2.24) is 9.55 Å². The van der Waals surface area contributed by atoms with E-state index in [-0.39, 0.29) is 12.0 Å². The number of benzene rings is 1. The van der Waals surface area contributed by atoms with Crippen LogP contribution in [0, 0.1) is 13.8 Å². The number of rotatable bonds is 7. The van der Waals surface area contributed by atoms with Gasteiger partial charge in [0.05, 0.1) is 24.1 Å². The SMILES string of the molecule is Cc1nc(SCC(=O)Nc2ccc(N3CCCC3)cc2)n(C[C@@H]2CCCO2)c1C. The minimum Gasteiger partial charge on any atom is -0.376 e. The Labute approximate surface area is 177 Å². The summed E-state index contributed by atoms with van der Waals surface area (Å²) in [5.74, 6) is 0.334. The maximum absolute atomic E-state index is 12.5. The average Bonchev–Trinajstić information content (AvgIpc) is 3.47. The van der Waals surface area contributed by atoms with E-state index >= 15 is 0 Å². The van der Waals surface area contributed by atoms with E-state index in [4.69, 9.17) is 4.74 Å². The molecule has 2 aliphatic heterocycles. The van der Waals surface area contributed by atoms with E-state index in [1.54, 1.807) is 0 Å². The monoisotopic (exact) mass is 414 g/mol. The van der Waals surface area contributed by atoms with Gasteiger partial charge in [-0.3, -0.25) is 4.79 Å². The van der Waals surface area contributed by atoms with Crippen molar-refractivity contribution in [3.63, 3.8) is 0 Å². The molecule has 2 fully saturated rings. The lowest BCUT2D eigenvalue weighted by atomic mass is 10.2. The number of aromatic nitrogens is 2. The summed E-state index contributed by atoms with van der Waals surface area (Å²) >= 11 is 1.49. The molecule has 2 aromatic rings. The number of ether oxygens (including phenoxy) is 1.